The zero-order valence-corrected chi connectivity index (χ0v) is 19.4. The molecule has 1 aliphatic rings. The van der Waals surface area contributed by atoms with Gasteiger partial charge in [0.2, 0.25) is 5.91 Å². The van der Waals surface area contributed by atoms with Gasteiger partial charge in [-0.05, 0) is 56.4 Å². The average Bonchev–Trinajstić information content (AvgIpc) is 3.17. The third kappa shape index (κ3) is 5.78. The molecule has 1 heterocycles. The molecule has 1 aromatic carbocycles. The van der Waals surface area contributed by atoms with Crippen molar-refractivity contribution < 1.29 is 9.53 Å². The molecule has 0 saturated heterocycles. The van der Waals surface area contributed by atoms with Gasteiger partial charge in [-0.25, -0.2) is 0 Å². The Morgan fingerprint density at radius 1 is 1.17 bits per heavy atom. The summed E-state index contributed by atoms with van der Waals surface area (Å²) in [6.45, 7) is 6.99. The van der Waals surface area contributed by atoms with Crippen molar-refractivity contribution in [1.82, 2.24) is 20.1 Å². The summed E-state index contributed by atoms with van der Waals surface area (Å²) in [5.74, 6) is 2.34. The standard InChI is InChI=1S/C23H34N4O2S/c1-16(2)14-15-24-22(28)17(3)30-23-26-25-21(18-10-12-20(29-4)13-11-18)27(23)19-8-6-5-7-9-19/h10-13,16-17,19H,5-9,14-15H2,1-4H3,(H,24,28). The second kappa shape index (κ2) is 10.8. The number of hydrogen-bond acceptors (Lipinski definition) is 5. The largest absolute Gasteiger partial charge is 0.497 e. The van der Waals surface area contributed by atoms with E-state index in [4.69, 9.17) is 4.74 Å². The highest BCUT2D eigenvalue weighted by Crippen LogP contribution is 2.36. The fourth-order valence-corrected chi connectivity index (χ4v) is 4.75. The van der Waals surface area contributed by atoms with Crippen molar-refractivity contribution in [3.63, 3.8) is 0 Å². The van der Waals surface area contributed by atoms with Crippen LogP contribution in [0.4, 0.5) is 0 Å². The van der Waals surface area contributed by atoms with Gasteiger partial charge in [-0.15, -0.1) is 10.2 Å². The van der Waals surface area contributed by atoms with Crippen LogP contribution in [0, 0.1) is 5.92 Å². The number of carbonyl (C=O) groups is 1. The Morgan fingerprint density at radius 2 is 1.87 bits per heavy atom. The fourth-order valence-electron chi connectivity index (χ4n) is 3.80. The highest BCUT2D eigenvalue weighted by molar-refractivity contribution is 8.00. The molecule has 1 atom stereocenters. The number of carbonyl (C=O) groups excluding carboxylic acids is 1. The third-order valence-electron chi connectivity index (χ3n) is 5.62. The molecule has 164 valence electrons. The van der Waals surface area contributed by atoms with E-state index in [0.717, 1.165) is 41.6 Å². The number of benzene rings is 1. The molecule has 0 radical (unpaired) electrons. The van der Waals surface area contributed by atoms with Crippen molar-refractivity contribution in [2.75, 3.05) is 13.7 Å². The second-order valence-corrected chi connectivity index (χ2v) is 9.74. The van der Waals surface area contributed by atoms with Crippen molar-refractivity contribution in [3.05, 3.63) is 24.3 Å². The minimum Gasteiger partial charge on any atom is -0.497 e. The maximum absolute atomic E-state index is 12.6. The number of nitrogens with zero attached hydrogens (tertiary/aromatic N) is 3. The van der Waals surface area contributed by atoms with Gasteiger partial charge >= 0.3 is 0 Å². The van der Waals surface area contributed by atoms with E-state index in [0.29, 0.717) is 18.5 Å². The Bertz CT molecular complexity index is 813. The average molecular weight is 431 g/mol. The maximum Gasteiger partial charge on any atom is 0.233 e. The number of nitrogens with one attached hydrogen (secondary N) is 1. The van der Waals surface area contributed by atoms with E-state index in [1.54, 1.807) is 7.11 Å². The highest BCUT2D eigenvalue weighted by atomic mass is 32.2. The zero-order valence-electron chi connectivity index (χ0n) is 18.6. The van der Waals surface area contributed by atoms with E-state index in [-0.39, 0.29) is 11.2 Å². The number of rotatable bonds is 9. The van der Waals surface area contributed by atoms with E-state index in [1.807, 2.05) is 31.2 Å². The van der Waals surface area contributed by atoms with Gasteiger partial charge in [0.05, 0.1) is 12.4 Å². The zero-order chi connectivity index (χ0) is 21.5. The Hall–Kier alpha value is -2.02. The minimum atomic E-state index is -0.215. The maximum atomic E-state index is 12.6. The molecule has 1 unspecified atom stereocenters. The molecule has 1 N–H and O–H groups in total. The van der Waals surface area contributed by atoms with E-state index >= 15 is 0 Å². The van der Waals surface area contributed by atoms with Crippen LogP contribution in [-0.4, -0.2) is 39.6 Å². The predicted octanol–water partition coefficient (Wildman–Crippen LogP) is 5.10. The van der Waals surface area contributed by atoms with E-state index in [1.165, 1.54) is 31.0 Å². The molecule has 7 heteroatoms. The molecule has 1 aromatic heterocycles. The molecule has 30 heavy (non-hydrogen) atoms. The van der Waals surface area contributed by atoms with Crippen LogP contribution >= 0.6 is 11.8 Å². The van der Waals surface area contributed by atoms with Crippen molar-refractivity contribution in [2.24, 2.45) is 5.92 Å². The first kappa shape index (κ1) is 22.7. The molecular weight excluding hydrogens is 396 g/mol. The number of aromatic nitrogens is 3. The number of ether oxygens (including phenoxy) is 1. The molecule has 2 aromatic rings. The molecule has 1 aliphatic carbocycles. The summed E-state index contributed by atoms with van der Waals surface area (Å²) in [6.07, 6.45) is 6.98. The van der Waals surface area contributed by atoms with Gasteiger partial charge in [-0.1, -0.05) is 44.9 Å². The quantitative estimate of drug-likeness (QED) is 0.560. The lowest BCUT2D eigenvalue weighted by molar-refractivity contribution is -0.120. The molecule has 1 saturated carbocycles. The summed E-state index contributed by atoms with van der Waals surface area (Å²) < 4.78 is 7.56. The van der Waals surface area contributed by atoms with E-state index < -0.39 is 0 Å². The third-order valence-corrected chi connectivity index (χ3v) is 6.68. The summed E-state index contributed by atoms with van der Waals surface area (Å²) in [5, 5.41) is 12.7. The van der Waals surface area contributed by atoms with Crippen molar-refractivity contribution >= 4 is 17.7 Å². The molecule has 0 aliphatic heterocycles. The van der Waals surface area contributed by atoms with Crippen LogP contribution in [0.25, 0.3) is 11.4 Å². The fraction of sp³-hybridized carbons (Fsp3) is 0.609. The SMILES string of the molecule is COc1ccc(-c2nnc(SC(C)C(=O)NCCC(C)C)n2C2CCCCC2)cc1. The van der Waals surface area contributed by atoms with Crippen LogP contribution in [0.5, 0.6) is 5.75 Å². The van der Waals surface area contributed by atoms with Crippen LogP contribution in [0.1, 0.15) is 65.3 Å². The lowest BCUT2D eigenvalue weighted by Crippen LogP contribution is -2.32. The summed E-state index contributed by atoms with van der Waals surface area (Å²) in [4.78, 5) is 12.6. The van der Waals surface area contributed by atoms with Crippen LogP contribution in [-0.2, 0) is 4.79 Å². The normalized spacial score (nSPS) is 15.9. The summed E-state index contributed by atoms with van der Waals surface area (Å²) >= 11 is 1.51. The Labute approximate surface area is 184 Å². The van der Waals surface area contributed by atoms with Crippen LogP contribution < -0.4 is 10.1 Å². The van der Waals surface area contributed by atoms with Crippen molar-refractivity contribution in [1.29, 1.82) is 0 Å². The van der Waals surface area contributed by atoms with Gasteiger partial charge in [-0.3, -0.25) is 9.36 Å². The lowest BCUT2D eigenvalue weighted by atomic mass is 9.95. The molecule has 1 amide bonds. The second-order valence-electron chi connectivity index (χ2n) is 8.43. The molecule has 6 nitrogen and oxygen atoms in total. The van der Waals surface area contributed by atoms with Crippen molar-refractivity contribution in [3.8, 4) is 17.1 Å². The number of hydrogen-bond donors (Lipinski definition) is 1. The topological polar surface area (TPSA) is 69.0 Å². The summed E-state index contributed by atoms with van der Waals surface area (Å²) in [6, 6.07) is 8.33. The minimum absolute atomic E-state index is 0.0600. The van der Waals surface area contributed by atoms with Gasteiger partial charge < -0.3 is 10.1 Å². The van der Waals surface area contributed by atoms with Crippen LogP contribution in [0.15, 0.2) is 29.4 Å². The van der Waals surface area contributed by atoms with Crippen molar-refractivity contribution in [2.45, 2.75) is 75.7 Å². The first-order valence-electron chi connectivity index (χ1n) is 11.0. The number of amides is 1. The Balaban J connectivity index is 1.81. The summed E-state index contributed by atoms with van der Waals surface area (Å²) in [7, 11) is 1.67. The van der Waals surface area contributed by atoms with E-state index in [2.05, 4.69) is 33.9 Å². The molecule has 0 bridgehead atoms. The molecule has 3 rings (SSSR count). The van der Waals surface area contributed by atoms with E-state index in [9.17, 15) is 4.79 Å². The smallest absolute Gasteiger partial charge is 0.233 e. The first-order chi connectivity index (χ1) is 14.5. The van der Waals surface area contributed by atoms with Gasteiger partial charge in [0, 0.05) is 18.2 Å². The molecular formula is C23H34N4O2S. The van der Waals surface area contributed by atoms with Gasteiger partial charge in [0.15, 0.2) is 11.0 Å². The monoisotopic (exact) mass is 430 g/mol. The lowest BCUT2D eigenvalue weighted by Gasteiger charge is -2.26. The van der Waals surface area contributed by atoms with Gasteiger partial charge in [0.25, 0.3) is 0 Å². The Morgan fingerprint density at radius 3 is 2.50 bits per heavy atom. The number of methoxy groups -OCH3 is 1. The number of thioether (sulfide) groups is 1. The first-order valence-corrected chi connectivity index (χ1v) is 11.9. The van der Waals surface area contributed by atoms with Crippen LogP contribution in [0.3, 0.4) is 0 Å². The highest BCUT2D eigenvalue weighted by Gasteiger charge is 2.26. The van der Waals surface area contributed by atoms with Crippen LogP contribution in [0.2, 0.25) is 0 Å². The molecule has 1 fully saturated rings. The van der Waals surface area contributed by atoms with Gasteiger partial charge in [-0.2, -0.15) is 0 Å². The Kier molecular flexibility index (Phi) is 8.19. The predicted molar refractivity (Wildman–Crippen MR) is 122 cm³/mol. The summed E-state index contributed by atoms with van der Waals surface area (Å²) in [5.41, 5.74) is 1.02. The van der Waals surface area contributed by atoms with Gasteiger partial charge in [0.1, 0.15) is 5.75 Å². The molecule has 0 spiro atoms.